The number of hydrogen-bond donors (Lipinski definition) is 2. The molecule has 19 heavy (non-hydrogen) atoms. The van der Waals surface area contributed by atoms with Crippen molar-refractivity contribution < 1.29 is 4.79 Å². The van der Waals surface area contributed by atoms with Gasteiger partial charge in [-0.15, -0.1) is 0 Å². The standard InChI is InChI=1S/C12H16N6O/c13-8-11-15-4-2-10(17-11)14-3-1-6-18-7-5-16-12(19)9-18/h2,4H,1,3,5-7,9H2,(H,16,19)(H,14,15,17). The third-order valence-electron chi connectivity index (χ3n) is 2.83. The van der Waals surface area contributed by atoms with E-state index < -0.39 is 0 Å². The lowest BCUT2D eigenvalue weighted by atomic mass is 10.3. The van der Waals surface area contributed by atoms with Crippen LogP contribution in [0.1, 0.15) is 12.2 Å². The van der Waals surface area contributed by atoms with Gasteiger partial charge in [-0.25, -0.2) is 9.97 Å². The molecule has 0 unspecified atom stereocenters. The number of nitriles is 1. The molecule has 0 aliphatic carbocycles. The molecule has 7 nitrogen and oxygen atoms in total. The maximum Gasteiger partial charge on any atom is 0.234 e. The van der Waals surface area contributed by atoms with E-state index in [4.69, 9.17) is 5.26 Å². The minimum Gasteiger partial charge on any atom is -0.370 e. The van der Waals surface area contributed by atoms with Crippen molar-refractivity contribution in [3.63, 3.8) is 0 Å². The van der Waals surface area contributed by atoms with Crippen molar-refractivity contribution in [2.45, 2.75) is 6.42 Å². The van der Waals surface area contributed by atoms with Crippen LogP contribution in [0, 0.1) is 11.3 Å². The molecule has 2 N–H and O–H groups in total. The molecule has 0 atom stereocenters. The SMILES string of the molecule is N#Cc1nccc(NCCCN2CCNC(=O)C2)n1. The van der Waals surface area contributed by atoms with Crippen LogP contribution >= 0.6 is 0 Å². The highest BCUT2D eigenvalue weighted by Gasteiger charge is 2.14. The number of carbonyl (C=O) groups is 1. The third-order valence-corrected chi connectivity index (χ3v) is 2.83. The summed E-state index contributed by atoms with van der Waals surface area (Å²) in [5, 5.41) is 14.6. The first kappa shape index (κ1) is 13.2. The van der Waals surface area contributed by atoms with Gasteiger partial charge in [0.25, 0.3) is 0 Å². The number of hydrogen-bond acceptors (Lipinski definition) is 6. The molecule has 0 saturated carbocycles. The molecule has 1 fully saturated rings. The first-order chi connectivity index (χ1) is 9.28. The summed E-state index contributed by atoms with van der Waals surface area (Å²) in [5.41, 5.74) is 0. The van der Waals surface area contributed by atoms with Gasteiger partial charge in [-0.05, 0) is 12.5 Å². The number of carbonyl (C=O) groups excluding carboxylic acids is 1. The molecule has 0 bridgehead atoms. The van der Waals surface area contributed by atoms with Gasteiger partial charge < -0.3 is 10.6 Å². The smallest absolute Gasteiger partial charge is 0.234 e. The zero-order valence-electron chi connectivity index (χ0n) is 10.6. The summed E-state index contributed by atoms with van der Waals surface area (Å²) in [5.74, 6) is 0.911. The van der Waals surface area contributed by atoms with E-state index in [2.05, 4.69) is 25.5 Å². The monoisotopic (exact) mass is 260 g/mol. The van der Waals surface area contributed by atoms with Gasteiger partial charge in [-0.2, -0.15) is 5.26 Å². The van der Waals surface area contributed by atoms with Crippen LogP contribution in [0.4, 0.5) is 5.82 Å². The van der Waals surface area contributed by atoms with Gasteiger partial charge >= 0.3 is 0 Å². The van der Waals surface area contributed by atoms with E-state index in [1.165, 1.54) is 0 Å². The molecule has 1 aliphatic rings. The Morgan fingerprint density at radius 2 is 2.47 bits per heavy atom. The highest BCUT2D eigenvalue weighted by Crippen LogP contribution is 2.02. The molecule has 1 amide bonds. The molecule has 0 aromatic carbocycles. The summed E-state index contributed by atoms with van der Waals surface area (Å²) in [4.78, 5) is 21.1. The Morgan fingerprint density at radius 1 is 1.58 bits per heavy atom. The summed E-state index contributed by atoms with van der Waals surface area (Å²) < 4.78 is 0. The Labute approximate surface area is 111 Å². The van der Waals surface area contributed by atoms with Crippen LogP contribution in [0.3, 0.4) is 0 Å². The highest BCUT2D eigenvalue weighted by molar-refractivity contribution is 5.78. The topological polar surface area (TPSA) is 93.9 Å². The van der Waals surface area contributed by atoms with Crippen LogP contribution in [-0.2, 0) is 4.79 Å². The van der Waals surface area contributed by atoms with Crippen LogP contribution < -0.4 is 10.6 Å². The van der Waals surface area contributed by atoms with Crippen LogP contribution in [0.15, 0.2) is 12.3 Å². The van der Waals surface area contributed by atoms with E-state index in [9.17, 15) is 4.79 Å². The number of rotatable bonds is 5. The second kappa shape index (κ2) is 6.66. The average molecular weight is 260 g/mol. The molecule has 2 rings (SSSR count). The van der Waals surface area contributed by atoms with Crippen molar-refractivity contribution in [2.75, 3.05) is 38.0 Å². The number of piperazine rings is 1. The molecule has 0 spiro atoms. The fourth-order valence-electron chi connectivity index (χ4n) is 1.91. The van der Waals surface area contributed by atoms with Crippen LogP contribution in [0.5, 0.6) is 0 Å². The zero-order valence-corrected chi connectivity index (χ0v) is 10.6. The van der Waals surface area contributed by atoms with Crippen molar-refractivity contribution in [1.29, 1.82) is 5.26 Å². The van der Waals surface area contributed by atoms with Crippen LogP contribution in [0.2, 0.25) is 0 Å². The molecule has 1 aromatic rings. The summed E-state index contributed by atoms with van der Waals surface area (Å²) in [6.45, 7) is 3.73. The number of anilines is 1. The van der Waals surface area contributed by atoms with E-state index in [-0.39, 0.29) is 11.7 Å². The second-order valence-corrected chi connectivity index (χ2v) is 4.28. The zero-order chi connectivity index (χ0) is 13.5. The van der Waals surface area contributed by atoms with Crippen LogP contribution in [0.25, 0.3) is 0 Å². The fourth-order valence-corrected chi connectivity index (χ4v) is 1.91. The van der Waals surface area contributed by atoms with Crippen molar-refractivity contribution in [3.8, 4) is 6.07 Å². The minimum atomic E-state index is 0.0914. The molecule has 0 radical (unpaired) electrons. The maximum atomic E-state index is 11.2. The molecular formula is C12H16N6O. The Kier molecular flexibility index (Phi) is 4.64. The summed E-state index contributed by atoms with van der Waals surface area (Å²) in [7, 11) is 0. The number of amides is 1. The van der Waals surface area contributed by atoms with Gasteiger partial charge in [-0.1, -0.05) is 0 Å². The number of nitrogens with zero attached hydrogens (tertiary/aromatic N) is 4. The predicted octanol–water partition coefficient (Wildman–Crippen LogP) is -0.418. The molecule has 1 aliphatic heterocycles. The van der Waals surface area contributed by atoms with Gasteiger partial charge in [0, 0.05) is 32.4 Å². The molecule has 1 aromatic heterocycles. The van der Waals surface area contributed by atoms with E-state index >= 15 is 0 Å². The van der Waals surface area contributed by atoms with Gasteiger partial charge in [0.2, 0.25) is 11.7 Å². The van der Waals surface area contributed by atoms with Gasteiger partial charge in [0.15, 0.2) is 0 Å². The molecule has 1 saturated heterocycles. The third kappa shape index (κ3) is 4.19. The summed E-state index contributed by atoms with van der Waals surface area (Å²) >= 11 is 0. The van der Waals surface area contributed by atoms with E-state index in [0.29, 0.717) is 12.4 Å². The number of nitrogens with one attached hydrogen (secondary N) is 2. The quantitative estimate of drug-likeness (QED) is 0.698. The van der Waals surface area contributed by atoms with Crippen molar-refractivity contribution in [1.82, 2.24) is 20.2 Å². The fraction of sp³-hybridized carbons (Fsp3) is 0.500. The molecule has 7 heteroatoms. The summed E-state index contributed by atoms with van der Waals surface area (Å²) in [6.07, 6.45) is 2.47. The highest BCUT2D eigenvalue weighted by atomic mass is 16.2. The predicted molar refractivity (Wildman–Crippen MR) is 69.3 cm³/mol. The Morgan fingerprint density at radius 3 is 3.26 bits per heavy atom. The molecule has 2 heterocycles. The maximum absolute atomic E-state index is 11.2. The van der Waals surface area contributed by atoms with Gasteiger partial charge in [0.05, 0.1) is 6.54 Å². The summed E-state index contributed by atoms with van der Waals surface area (Å²) in [6, 6.07) is 3.63. The normalized spacial score (nSPS) is 15.6. The Bertz CT molecular complexity index is 483. The van der Waals surface area contributed by atoms with Crippen LogP contribution in [-0.4, -0.2) is 53.5 Å². The van der Waals surface area contributed by atoms with Crippen molar-refractivity contribution in [2.24, 2.45) is 0 Å². The lowest BCUT2D eigenvalue weighted by Crippen LogP contribution is -2.47. The van der Waals surface area contributed by atoms with Crippen molar-refractivity contribution >= 4 is 11.7 Å². The Hall–Kier alpha value is -2.20. The van der Waals surface area contributed by atoms with Gasteiger partial charge in [-0.3, -0.25) is 9.69 Å². The Balaban J connectivity index is 1.69. The lowest BCUT2D eigenvalue weighted by Gasteiger charge is -2.26. The van der Waals surface area contributed by atoms with Gasteiger partial charge in [0.1, 0.15) is 11.9 Å². The largest absolute Gasteiger partial charge is 0.370 e. The van der Waals surface area contributed by atoms with E-state index in [1.54, 1.807) is 12.3 Å². The second-order valence-electron chi connectivity index (χ2n) is 4.28. The first-order valence-electron chi connectivity index (χ1n) is 6.24. The van der Waals surface area contributed by atoms with E-state index in [1.807, 2.05) is 6.07 Å². The average Bonchev–Trinajstić information content (AvgIpc) is 2.44. The number of aromatic nitrogens is 2. The van der Waals surface area contributed by atoms with Crippen molar-refractivity contribution in [3.05, 3.63) is 18.1 Å². The van der Waals surface area contributed by atoms with E-state index in [0.717, 1.165) is 32.6 Å². The molecular weight excluding hydrogens is 244 g/mol. The molecule has 100 valence electrons. The first-order valence-corrected chi connectivity index (χ1v) is 6.24. The lowest BCUT2D eigenvalue weighted by molar-refractivity contribution is -0.124. The minimum absolute atomic E-state index is 0.0914.